The molecule has 0 aliphatic rings. The zero-order chi connectivity index (χ0) is 12.1. The highest BCUT2D eigenvalue weighted by molar-refractivity contribution is 6.14. The minimum atomic E-state index is -0.775. The van der Waals surface area contributed by atoms with Crippen LogP contribution >= 0.6 is 0 Å². The first-order chi connectivity index (χ1) is 7.60. The van der Waals surface area contributed by atoms with E-state index in [4.69, 9.17) is 5.73 Å². The van der Waals surface area contributed by atoms with Crippen LogP contribution in [-0.4, -0.2) is 40.9 Å². The average molecular weight is 226 g/mol. The summed E-state index contributed by atoms with van der Waals surface area (Å²) in [6, 6.07) is 0. The third kappa shape index (κ3) is 2.35. The molecule has 1 aromatic heterocycles. The van der Waals surface area contributed by atoms with Crippen molar-refractivity contribution in [3.63, 3.8) is 0 Å². The van der Waals surface area contributed by atoms with Crippen molar-refractivity contribution in [2.24, 2.45) is 0 Å². The zero-order valence-electron chi connectivity index (χ0n) is 8.71. The van der Waals surface area contributed by atoms with Gasteiger partial charge in [0.25, 0.3) is 0 Å². The second kappa shape index (κ2) is 4.91. The quantitative estimate of drug-likeness (QED) is 0.522. The molecule has 0 aromatic carbocycles. The summed E-state index contributed by atoms with van der Waals surface area (Å²) in [5, 5.41) is 3.68. The van der Waals surface area contributed by atoms with Crippen LogP contribution in [0, 0.1) is 0 Å². The SMILES string of the molecule is COC(=O)/C=C(\C(=O)OC)n1ncnc1N. The van der Waals surface area contributed by atoms with Gasteiger partial charge in [-0.15, -0.1) is 0 Å². The molecule has 0 saturated heterocycles. The molecule has 0 spiro atoms. The molecule has 0 atom stereocenters. The number of nitrogens with zero attached hydrogens (tertiary/aromatic N) is 3. The van der Waals surface area contributed by atoms with Crippen molar-refractivity contribution < 1.29 is 19.1 Å². The second-order valence-corrected chi connectivity index (χ2v) is 2.57. The maximum Gasteiger partial charge on any atom is 0.357 e. The topological polar surface area (TPSA) is 109 Å². The summed E-state index contributed by atoms with van der Waals surface area (Å²) >= 11 is 0. The van der Waals surface area contributed by atoms with Crippen molar-refractivity contribution in [1.82, 2.24) is 14.8 Å². The van der Waals surface area contributed by atoms with E-state index in [-0.39, 0.29) is 11.6 Å². The molecule has 16 heavy (non-hydrogen) atoms. The maximum absolute atomic E-state index is 11.4. The van der Waals surface area contributed by atoms with Gasteiger partial charge in [-0.25, -0.2) is 9.59 Å². The van der Waals surface area contributed by atoms with Crippen molar-refractivity contribution in [3.05, 3.63) is 12.4 Å². The van der Waals surface area contributed by atoms with Gasteiger partial charge in [0.1, 0.15) is 6.33 Å². The highest BCUT2D eigenvalue weighted by atomic mass is 16.5. The Labute approximate surface area is 90.6 Å². The number of hydrogen-bond donors (Lipinski definition) is 1. The molecule has 8 heteroatoms. The molecule has 1 heterocycles. The van der Waals surface area contributed by atoms with Crippen molar-refractivity contribution in [3.8, 4) is 0 Å². The number of anilines is 1. The molecule has 0 amide bonds. The monoisotopic (exact) mass is 226 g/mol. The summed E-state index contributed by atoms with van der Waals surface area (Å²) in [5.74, 6) is -1.54. The molecular weight excluding hydrogens is 216 g/mol. The van der Waals surface area contributed by atoms with Gasteiger partial charge in [0.05, 0.1) is 20.3 Å². The van der Waals surface area contributed by atoms with Crippen LogP contribution in [0.15, 0.2) is 12.4 Å². The number of methoxy groups -OCH3 is 2. The van der Waals surface area contributed by atoms with E-state index in [1.54, 1.807) is 0 Å². The van der Waals surface area contributed by atoms with Gasteiger partial charge in [0.2, 0.25) is 5.95 Å². The average Bonchev–Trinajstić information content (AvgIpc) is 2.70. The first kappa shape index (κ1) is 11.7. The number of nitrogen functional groups attached to an aromatic ring is 1. The third-order valence-corrected chi connectivity index (χ3v) is 1.65. The Balaban J connectivity index is 3.16. The molecule has 2 N–H and O–H groups in total. The van der Waals surface area contributed by atoms with Crippen LogP contribution in [0.1, 0.15) is 0 Å². The molecule has 0 aliphatic carbocycles. The summed E-state index contributed by atoms with van der Waals surface area (Å²) < 4.78 is 9.84. The van der Waals surface area contributed by atoms with Crippen molar-refractivity contribution in [2.75, 3.05) is 20.0 Å². The van der Waals surface area contributed by atoms with Crippen molar-refractivity contribution in [2.45, 2.75) is 0 Å². The van der Waals surface area contributed by atoms with Crippen LogP contribution in [0.5, 0.6) is 0 Å². The van der Waals surface area contributed by atoms with Gasteiger partial charge in [-0.1, -0.05) is 0 Å². The van der Waals surface area contributed by atoms with E-state index in [0.29, 0.717) is 0 Å². The van der Waals surface area contributed by atoms with E-state index in [0.717, 1.165) is 17.1 Å². The van der Waals surface area contributed by atoms with Crippen LogP contribution in [0.25, 0.3) is 5.70 Å². The molecule has 0 saturated carbocycles. The van der Waals surface area contributed by atoms with Gasteiger partial charge < -0.3 is 15.2 Å². The lowest BCUT2D eigenvalue weighted by molar-refractivity contribution is -0.137. The number of esters is 2. The van der Waals surface area contributed by atoms with E-state index in [9.17, 15) is 9.59 Å². The van der Waals surface area contributed by atoms with Crippen molar-refractivity contribution >= 4 is 23.6 Å². The Kier molecular flexibility index (Phi) is 3.59. The number of rotatable bonds is 3. The highest BCUT2D eigenvalue weighted by Crippen LogP contribution is 2.09. The Bertz CT molecular complexity index is 437. The number of carbonyl (C=O) groups excluding carboxylic acids is 2. The van der Waals surface area contributed by atoms with E-state index < -0.39 is 11.9 Å². The summed E-state index contributed by atoms with van der Waals surface area (Å²) in [5.41, 5.74) is 5.26. The standard InChI is InChI=1S/C8H10N4O4/c1-15-6(13)3-5(7(14)16-2)12-8(9)10-4-11-12/h3-4H,1-2H3,(H2,9,10,11)/b5-3+. The Morgan fingerprint density at radius 2 is 2.12 bits per heavy atom. The van der Waals surface area contributed by atoms with E-state index in [2.05, 4.69) is 19.6 Å². The van der Waals surface area contributed by atoms with Gasteiger partial charge in [-0.3, -0.25) is 0 Å². The van der Waals surface area contributed by atoms with Crippen LogP contribution < -0.4 is 5.73 Å². The predicted octanol–water partition coefficient (Wildman–Crippen LogP) is -0.953. The number of nitrogens with two attached hydrogens (primary N) is 1. The summed E-state index contributed by atoms with van der Waals surface area (Å²) in [6.45, 7) is 0. The minimum absolute atomic E-state index is 0.0412. The Morgan fingerprint density at radius 3 is 2.56 bits per heavy atom. The number of aromatic nitrogens is 3. The predicted molar refractivity (Wildman–Crippen MR) is 52.7 cm³/mol. The van der Waals surface area contributed by atoms with E-state index in [1.807, 2.05) is 0 Å². The largest absolute Gasteiger partial charge is 0.466 e. The summed E-state index contributed by atoms with van der Waals surface area (Å²) in [6.07, 6.45) is 2.06. The van der Waals surface area contributed by atoms with Gasteiger partial charge in [0, 0.05) is 0 Å². The normalized spacial score (nSPS) is 11.0. The van der Waals surface area contributed by atoms with Gasteiger partial charge in [-0.05, 0) is 0 Å². The highest BCUT2D eigenvalue weighted by Gasteiger charge is 2.17. The van der Waals surface area contributed by atoms with Gasteiger partial charge >= 0.3 is 11.9 Å². The van der Waals surface area contributed by atoms with Crippen LogP contribution in [-0.2, 0) is 19.1 Å². The molecular formula is C8H10N4O4. The molecule has 86 valence electrons. The smallest absolute Gasteiger partial charge is 0.357 e. The summed E-state index contributed by atoms with van der Waals surface area (Å²) in [4.78, 5) is 26.0. The fraction of sp³-hybridized carbons (Fsp3) is 0.250. The number of hydrogen-bond acceptors (Lipinski definition) is 7. The van der Waals surface area contributed by atoms with Crippen LogP contribution in [0.2, 0.25) is 0 Å². The third-order valence-electron chi connectivity index (χ3n) is 1.65. The molecule has 1 rings (SSSR count). The molecule has 0 unspecified atom stereocenters. The molecule has 8 nitrogen and oxygen atoms in total. The van der Waals surface area contributed by atoms with Crippen LogP contribution in [0.3, 0.4) is 0 Å². The van der Waals surface area contributed by atoms with Gasteiger partial charge in [-0.2, -0.15) is 14.8 Å². The fourth-order valence-corrected chi connectivity index (χ4v) is 0.918. The molecule has 0 radical (unpaired) electrons. The number of ether oxygens (including phenoxy) is 2. The fourth-order valence-electron chi connectivity index (χ4n) is 0.918. The molecule has 0 bridgehead atoms. The lowest BCUT2D eigenvalue weighted by atomic mass is 10.4. The van der Waals surface area contributed by atoms with Gasteiger partial charge in [0.15, 0.2) is 5.70 Å². The van der Waals surface area contributed by atoms with Crippen LogP contribution in [0.4, 0.5) is 5.95 Å². The molecule has 0 fully saturated rings. The van der Waals surface area contributed by atoms with Crippen molar-refractivity contribution in [1.29, 1.82) is 0 Å². The second-order valence-electron chi connectivity index (χ2n) is 2.57. The molecule has 0 aliphatic heterocycles. The minimum Gasteiger partial charge on any atom is -0.466 e. The Hall–Kier alpha value is -2.38. The van der Waals surface area contributed by atoms with E-state index >= 15 is 0 Å². The first-order valence-corrected chi connectivity index (χ1v) is 4.14. The van der Waals surface area contributed by atoms with E-state index in [1.165, 1.54) is 14.2 Å². The maximum atomic E-state index is 11.4. The lowest BCUT2D eigenvalue weighted by Crippen LogP contribution is -2.16. The number of carbonyl (C=O) groups is 2. The Morgan fingerprint density at radius 1 is 1.44 bits per heavy atom. The zero-order valence-corrected chi connectivity index (χ0v) is 8.71. The lowest BCUT2D eigenvalue weighted by Gasteiger charge is -2.05. The first-order valence-electron chi connectivity index (χ1n) is 4.14. The summed E-state index contributed by atoms with van der Waals surface area (Å²) in [7, 11) is 2.35. The molecule has 1 aromatic rings.